The largest absolute Gasteiger partial charge is 0.299 e. The summed E-state index contributed by atoms with van der Waals surface area (Å²) < 4.78 is 0. The summed E-state index contributed by atoms with van der Waals surface area (Å²) in [6.07, 6.45) is 4.48. The monoisotopic (exact) mass is 266 g/mol. The molecular formula is C16H18N4. The average Bonchev–Trinajstić information content (AvgIpc) is 2.92. The summed E-state index contributed by atoms with van der Waals surface area (Å²) in [5.74, 6) is 0. The molecule has 1 aromatic carbocycles. The van der Waals surface area contributed by atoms with Crippen molar-refractivity contribution in [1.29, 1.82) is 5.26 Å². The number of nitrogens with one attached hydrogen (secondary N) is 1. The molecule has 0 saturated heterocycles. The maximum atomic E-state index is 9.29. The number of benzene rings is 1. The number of hydrogen-bond acceptors (Lipinski definition) is 3. The van der Waals surface area contributed by atoms with Crippen LogP contribution in [0.25, 0.3) is 16.5 Å². The fourth-order valence-electron chi connectivity index (χ4n) is 2.88. The van der Waals surface area contributed by atoms with Gasteiger partial charge in [0, 0.05) is 18.5 Å². The fraction of sp³-hybridized carbons (Fsp3) is 0.375. The van der Waals surface area contributed by atoms with Crippen molar-refractivity contribution in [3.8, 4) is 6.07 Å². The molecular weight excluding hydrogens is 248 g/mol. The molecule has 3 rings (SSSR count). The lowest BCUT2D eigenvalue weighted by atomic mass is 10.0. The van der Waals surface area contributed by atoms with Gasteiger partial charge in [0.1, 0.15) is 0 Å². The van der Waals surface area contributed by atoms with Crippen molar-refractivity contribution in [3.63, 3.8) is 0 Å². The number of rotatable bonds is 3. The third-order valence-electron chi connectivity index (χ3n) is 3.78. The smallest absolute Gasteiger partial charge is 0.0999 e. The van der Waals surface area contributed by atoms with Crippen LogP contribution in [0.3, 0.4) is 0 Å². The summed E-state index contributed by atoms with van der Waals surface area (Å²) >= 11 is 0. The van der Waals surface area contributed by atoms with E-state index in [1.807, 2.05) is 18.2 Å². The first-order chi connectivity index (χ1) is 9.83. The molecule has 2 heterocycles. The van der Waals surface area contributed by atoms with E-state index in [0.29, 0.717) is 5.56 Å². The summed E-state index contributed by atoms with van der Waals surface area (Å²) in [6, 6.07) is 7.99. The molecule has 0 fully saturated rings. The average molecular weight is 266 g/mol. The van der Waals surface area contributed by atoms with Gasteiger partial charge in [-0.3, -0.25) is 10.00 Å². The number of nitrogens with zero attached hydrogens (tertiary/aromatic N) is 3. The van der Waals surface area contributed by atoms with Gasteiger partial charge in [0.05, 0.1) is 22.8 Å². The van der Waals surface area contributed by atoms with Gasteiger partial charge in [0.2, 0.25) is 0 Å². The molecule has 2 aromatic rings. The predicted octanol–water partition coefficient (Wildman–Crippen LogP) is 2.93. The number of nitriles is 1. The van der Waals surface area contributed by atoms with E-state index >= 15 is 0 Å². The molecule has 0 bridgehead atoms. The highest BCUT2D eigenvalue weighted by molar-refractivity contribution is 5.94. The van der Waals surface area contributed by atoms with Crippen LogP contribution in [0, 0.1) is 11.3 Å². The standard InChI is InChI=1S/C16H18N4/c1-2-8-20-9-4-6-13(11-20)16-15-12(10-17)5-3-7-14(15)18-19-16/h3,5-7H,2,4,8-9,11H2,1H3,(H,18,19). The molecule has 4 heteroatoms. The molecule has 0 radical (unpaired) electrons. The SMILES string of the molecule is CCCN1CCC=C(c2n[nH]c3cccc(C#N)c23)C1. The second-order valence-electron chi connectivity index (χ2n) is 5.21. The molecule has 0 atom stereocenters. The number of aromatic amines is 1. The van der Waals surface area contributed by atoms with Gasteiger partial charge in [-0.1, -0.05) is 19.1 Å². The summed E-state index contributed by atoms with van der Waals surface area (Å²) in [5.41, 5.74) is 3.81. The number of fused-ring (bicyclic) bond motifs is 1. The van der Waals surface area contributed by atoms with Crippen LogP contribution in [-0.4, -0.2) is 34.7 Å². The van der Waals surface area contributed by atoms with Gasteiger partial charge in [0.25, 0.3) is 0 Å². The normalized spacial score (nSPS) is 16.1. The Kier molecular flexibility index (Phi) is 3.53. The molecule has 0 aliphatic carbocycles. The van der Waals surface area contributed by atoms with Crippen molar-refractivity contribution < 1.29 is 0 Å². The summed E-state index contributed by atoms with van der Waals surface area (Å²) in [4.78, 5) is 2.45. The van der Waals surface area contributed by atoms with Gasteiger partial charge >= 0.3 is 0 Å². The highest BCUT2D eigenvalue weighted by atomic mass is 15.1. The molecule has 1 aliphatic heterocycles. The van der Waals surface area contributed by atoms with Crippen LogP contribution in [0.2, 0.25) is 0 Å². The van der Waals surface area contributed by atoms with Crippen LogP contribution in [0.15, 0.2) is 24.3 Å². The summed E-state index contributed by atoms with van der Waals surface area (Å²) in [5, 5.41) is 17.7. The molecule has 20 heavy (non-hydrogen) atoms. The highest BCUT2D eigenvalue weighted by Gasteiger charge is 2.18. The quantitative estimate of drug-likeness (QED) is 0.929. The van der Waals surface area contributed by atoms with Crippen LogP contribution < -0.4 is 0 Å². The van der Waals surface area contributed by atoms with Crippen molar-refractivity contribution in [3.05, 3.63) is 35.5 Å². The molecule has 102 valence electrons. The lowest BCUT2D eigenvalue weighted by Gasteiger charge is -2.26. The minimum absolute atomic E-state index is 0.694. The predicted molar refractivity (Wildman–Crippen MR) is 80.1 cm³/mol. The van der Waals surface area contributed by atoms with E-state index in [2.05, 4.69) is 34.2 Å². The van der Waals surface area contributed by atoms with E-state index in [1.165, 1.54) is 5.57 Å². The minimum Gasteiger partial charge on any atom is -0.299 e. The zero-order chi connectivity index (χ0) is 13.9. The zero-order valence-electron chi connectivity index (χ0n) is 11.7. The van der Waals surface area contributed by atoms with Gasteiger partial charge in [-0.05, 0) is 37.1 Å². The Morgan fingerprint density at radius 1 is 1.45 bits per heavy atom. The second-order valence-corrected chi connectivity index (χ2v) is 5.21. The second kappa shape index (κ2) is 5.48. The lowest BCUT2D eigenvalue weighted by Crippen LogP contribution is -2.30. The van der Waals surface area contributed by atoms with E-state index in [0.717, 1.165) is 49.1 Å². The first-order valence-electron chi connectivity index (χ1n) is 7.12. The third kappa shape index (κ3) is 2.21. The molecule has 0 amide bonds. The maximum absolute atomic E-state index is 9.29. The maximum Gasteiger partial charge on any atom is 0.0999 e. The van der Waals surface area contributed by atoms with Gasteiger partial charge in [-0.15, -0.1) is 0 Å². The number of aromatic nitrogens is 2. The summed E-state index contributed by atoms with van der Waals surface area (Å²) in [7, 11) is 0. The van der Waals surface area contributed by atoms with Crippen LogP contribution in [-0.2, 0) is 0 Å². The van der Waals surface area contributed by atoms with Crippen LogP contribution in [0.5, 0.6) is 0 Å². The molecule has 0 saturated carbocycles. The molecule has 1 aliphatic rings. The molecule has 0 spiro atoms. The number of hydrogen-bond donors (Lipinski definition) is 1. The van der Waals surface area contributed by atoms with E-state index < -0.39 is 0 Å². The van der Waals surface area contributed by atoms with Gasteiger partial charge < -0.3 is 0 Å². The highest BCUT2D eigenvalue weighted by Crippen LogP contribution is 2.28. The molecule has 1 aromatic heterocycles. The van der Waals surface area contributed by atoms with Crippen molar-refractivity contribution in [1.82, 2.24) is 15.1 Å². The number of H-pyrrole nitrogens is 1. The molecule has 4 nitrogen and oxygen atoms in total. The molecule has 0 unspecified atom stereocenters. The van der Waals surface area contributed by atoms with Crippen molar-refractivity contribution in [2.45, 2.75) is 19.8 Å². The van der Waals surface area contributed by atoms with E-state index in [-0.39, 0.29) is 0 Å². The summed E-state index contributed by atoms with van der Waals surface area (Å²) in [6.45, 7) is 5.36. The van der Waals surface area contributed by atoms with Crippen molar-refractivity contribution >= 4 is 16.5 Å². The van der Waals surface area contributed by atoms with E-state index in [4.69, 9.17) is 0 Å². The van der Waals surface area contributed by atoms with Gasteiger partial charge in [-0.25, -0.2) is 0 Å². The van der Waals surface area contributed by atoms with Crippen LogP contribution >= 0.6 is 0 Å². The molecule has 1 N–H and O–H groups in total. The zero-order valence-corrected chi connectivity index (χ0v) is 11.7. The Hall–Kier alpha value is -2.12. The Morgan fingerprint density at radius 2 is 2.35 bits per heavy atom. The van der Waals surface area contributed by atoms with Crippen molar-refractivity contribution in [2.24, 2.45) is 0 Å². The third-order valence-corrected chi connectivity index (χ3v) is 3.78. The van der Waals surface area contributed by atoms with Crippen molar-refractivity contribution in [2.75, 3.05) is 19.6 Å². The van der Waals surface area contributed by atoms with Gasteiger partial charge in [-0.2, -0.15) is 10.4 Å². The van der Waals surface area contributed by atoms with Gasteiger partial charge in [0.15, 0.2) is 0 Å². The Bertz CT molecular complexity index is 690. The Labute approximate surface area is 118 Å². The van der Waals surface area contributed by atoms with E-state index in [9.17, 15) is 5.26 Å². The Balaban J connectivity index is 2.03. The van der Waals surface area contributed by atoms with Crippen LogP contribution in [0.4, 0.5) is 0 Å². The first-order valence-corrected chi connectivity index (χ1v) is 7.12. The van der Waals surface area contributed by atoms with Crippen LogP contribution in [0.1, 0.15) is 31.0 Å². The first kappa shape index (κ1) is 12.9. The topological polar surface area (TPSA) is 55.7 Å². The minimum atomic E-state index is 0.694. The Morgan fingerprint density at radius 3 is 3.15 bits per heavy atom. The van der Waals surface area contributed by atoms with E-state index in [1.54, 1.807) is 0 Å². The lowest BCUT2D eigenvalue weighted by molar-refractivity contribution is 0.305. The fourth-order valence-corrected chi connectivity index (χ4v) is 2.88.